The molecule has 1 heterocycles. The van der Waals surface area contributed by atoms with Gasteiger partial charge in [-0.25, -0.2) is 9.36 Å². The van der Waals surface area contributed by atoms with Crippen molar-refractivity contribution in [2.75, 3.05) is 7.11 Å². The highest BCUT2D eigenvalue weighted by Gasteiger charge is 2.14. The first-order chi connectivity index (χ1) is 13.6. The molecule has 140 valence electrons. The summed E-state index contributed by atoms with van der Waals surface area (Å²) in [4.78, 5) is 26.4. The molecular weight excluding hydrogens is 352 g/mol. The van der Waals surface area contributed by atoms with Crippen molar-refractivity contribution in [1.29, 1.82) is 0 Å². The average Bonchev–Trinajstić information content (AvgIpc) is 2.72. The molecule has 0 radical (unpaired) electrons. The van der Waals surface area contributed by atoms with Gasteiger partial charge in [0.15, 0.2) is 0 Å². The van der Waals surface area contributed by atoms with E-state index < -0.39 is 0 Å². The van der Waals surface area contributed by atoms with Crippen LogP contribution < -0.4 is 16.0 Å². The number of nitrogens with zero attached hydrogens (tertiary/aromatic N) is 2. The third-order valence-corrected chi connectivity index (χ3v) is 4.80. The van der Waals surface area contributed by atoms with Gasteiger partial charge in [0.2, 0.25) is 0 Å². The number of fused-ring (bicyclic) bond motifs is 1. The second kappa shape index (κ2) is 7.19. The topological polar surface area (TPSA) is 53.2 Å². The highest BCUT2D eigenvalue weighted by Crippen LogP contribution is 2.15. The summed E-state index contributed by atoms with van der Waals surface area (Å²) in [5, 5.41) is 0.505. The first-order valence-electron chi connectivity index (χ1n) is 9.03. The van der Waals surface area contributed by atoms with E-state index in [2.05, 4.69) is 0 Å². The monoisotopic (exact) mass is 372 g/mol. The second-order valence-corrected chi connectivity index (χ2v) is 6.71. The summed E-state index contributed by atoms with van der Waals surface area (Å²) in [6.45, 7) is 2.40. The molecule has 5 heteroatoms. The van der Waals surface area contributed by atoms with Crippen LogP contribution in [0.2, 0.25) is 0 Å². The summed E-state index contributed by atoms with van der Waals surface area (Å²) in [5.74, 6) is 0.665. The fourth-order valence-electron chi connectivity index (χ4n) is 3.43. The minimum absolute atomic E-state index is 0.328. The van der Waals surface area contributed by atoms with Crippen molar-refractivity contribution in [3.8, 4) is 11.4 Å². The summed E-state index contributed by atoms with van der Waals surface area (Å²) in [6, 6.07) is 22.1. The van der Waals surface area contributed by atoms with Crippen LogP contribution in [0.3, 0.4) is 0 Å². The van der Waals surface area contributed by atoms with Gasteiger partial charge in [-0.2, -0.15) is 0 Å². The number of methoxy groups -OCH3 is 1. The maximum atomic E-state index is 13.3. The maximum Gasteiger partial charge on any atom is 0.336 e. The van der Waals surface area contributed by atoms with Gasteiger partial charge in [0.05, 0.1) is 30.2 Å². The Labute approximate surface area is 162 Å². The van der Waals surface area contributed by atoms with Crippen LogP contribution >= 0.6 is 0 Å². The first-order valence-corrected chi connectivity index (χ1v) is 9.03. The molecule has 0 saturated carbocycles. The van der Waals surface area contributed by atoms with E-state index in [0.29, 0.717) is 28.9 Å². The lowest BCUT2D eigenvalue weighted by Gasteiger charge is -2.15. The third-order valence-electron chi connectivity index (χ3n) is 4.80. The van der Waals surface area contributed by atoms with E-state index in [1.807, 2.05) is 49.4 Å². The van der Waals surface area contributed by atoms with Gasteiger partial charge in [-0.15, -0.1) is 0 Å². The van der Waals surface area contributed by atoms with Gasteiger partial charge in [0, 0.05) is 0 Å². The van der Waals surface area contributed by atoms with Gasteiger partial charge in [-0.05, 0) is 48.9 Å². The van der Waals surface area contributed by atoms with Crippen molar-refractivity contribution in [3.63, 3.8) is 0 Å². The Balaban J connectivity index is 1.98. The van der Waals surface area contributed by atoms with Crippen molar-refractivity contribution in [2.24, 2.45) is 0 Å². The van der Waals surface area contributed by atoms with Gasteiger partial charge in [-0.3, -0.25) is 9.36 Å². The first kappa shape index (κ1) is 17.8. The molecule has 28 heavy (non-hydrogen) atoms. The van der Waals surface area contributed by atoms with Gasteiger partial charge in [0.25, 0.3) is 5.56 Å². The highest BCUT2D eigenvalue weighted by molar-refractivity contribution is 5.78. The molecular formula is C23H20N2O3. The average molecular weight is 372 g/mol. The van der Waals surface area contributed by atoms with Crippen molar-refractivity contribution in [3.05, 3.63) is 105 Å². The minimum Gasteiger partial charge on any atom is -0.497 e. The van der Waals surface area contributed by atoms with E-state index >= 15 is 0 Å². The van der Waals surface area contributed by atoms with Crippen molar-refractivity contribution in [1.82, 2.24) is 9.13 Å². The summed E-state index contributed by atoms with van der Waals surface area (Å²) < 4.78 is 8.05. The lowest BCUT2D eigenvalue weighted by Crippen LogP contribution is -2.39. The van der Waals surface area contributed by atoms with Gasteiger partial charge in [0.1, 0.15) is 5.75 Å². The molecule has 0 bridgehead atoms. The predicted molar refractivity (Wildman–Crippen MR) is 111 cm³/mol. The molecule has 0 amide bonds. The molecule has 3 aromatic carbocycles. The SMILES string of the molecule is COc1ccc(-n2c(=O)c3ccccc3n(Cc3cccc(C)c3)c2=O)cc1. The summed E-state index contributed by atoms with van der Waals surface area (Å²) >= 11 is 0. The standard InChI is InChI=1S/C23H20N2O3/c1-16-6-5-7-17(14-16)15-24-21-9-4-3-8-20(21)22(26)25(23(24)27)18-10-12-19(28-2)13-11-18/h3-14H,15H2,1-2H3. The molecule has 0 spiro atoms. The Bertz CT molecular complexity index is 1270. The third kappa shape index (κ3) is 3.11. The molecule has 5 nitrogen and oxygen atoms in total. The number of rotatable bonds is 4. The number of hydrogen-bond acceptors (Lipinski definition) is 3. The van der Waals surface area contributed by atoms with Crippen LogP contribution in [0.25, 0.3) is 16.6 Å². The predicted octanol–water partition coefficient (Wildman–Crippen LogP) is 3.52. The Hall–Kier alpha value is -3.60. The molecule has 4 rings (SSSR count). The fourth-order valence-corrected chi connectivity index (χ4v) is 3.43. The lowest BCUT2D eigenvalue weighted by atomic mass is 10.1. The Morgan fingerprint density at radius 2 is 1.64 bits per heavy atom. The summed E-state index contributed by atoms with van der Waals surface area (Å²) in [6.07, 6.45) is 0. The largest absolute Gasteiger partial charge is 0.497 e. The van der Waals surface area contributed by atoms with Crippen LogP contribution in [0.15, 0.2) is 82.4 Å². The Morgan fingerprint density at radius 3 is 2.36 bits per heavy atom. The summed E-state index contributed by atoms with van der Waals surface area (Å²) in [5.41, 5.74) is 2.58. The van der Waals surface area contributed by atoms with Crippen LogP contribution in [0.5, 0.6) is 5.75 Å². The lowest BCUT2D eigenvalue weighted by molar-refractivity contribution is 0.414. The van der Waals surface area contributed by atoms with Crippen molar-refractivity contribution >= 4 is 10.9 Å². The molecule has 0 aliphatic heterocycles. The van der Waals surface area contributed by atoms with Crippen LogP contribution in [0.4, 0.5) is 0 Å². The number of benzene rings is 3. The normalized spacial score (nSPS) is 10.9. The van der Waals surface area contributed by atoms with E-state index in [1.165, 1.54) is 4.57 Å². The molecule has 0 fully saturated rings. The molecule has 0 atom stereocenters. The van der Waals surface area contributed by atoms with Crippen LogP contribution in [-0.4, -0.2) is 16.2 Å². The quantitative estimate of drug-likeness (QED) is 0.551. The van der Waals surface area contributed by atoms with E-state index in [0.717, 1.165) is 11.1 Å². The van der Waals surface area contributed by atoms with Crippen LogP contribution in [0.1, 0.15) is 11.1 Å². The number of aryl methyl sites for hydroxylation is 1. The molecule has 4 aromatic rings. The van der Waals surface area contributed by atoms with E-state index in [-0.39, 0.29) is 11.2 Å². The van der Waals surface area contributed by atoms with E-state index in [9.17, 15) is 9.59 Å². The molecule has 0 aliphatic rings. The van der Waals surface area contributed by atoms with Gasteiger partial charge >= 0.3 is 5.69 Å². The Kier molecular flexibility index (Phi) is 4.57. The number of hydrogen-bond donors (Lipinski definition) is 0. The van der Waals surface area contributed by atoms with Crippen molar-refractivity contribution in [2.45, 2.75) is 13.5 Å². The number of aromatic nitrogens is 2. The second-order valence-electron chi connectivity index (χ2n) is 6.71. The smallest absolute Gasteiger partial charge is 0.336 e. The van der Waals surface area contributed by atoms with Gasteiger partial charge in [-0.1, -0.05) is 42.0 Å². The molecule has 0 unspecified atom stereocenters. The summed E-state index contributed by atoms with van der Waals surface area (Å²) in [7, 11) is 1.58. The maximum absolute atomic E-state index is 13.3. The van der Waals surface area contributed by atoms with E-state index in [4.69, 9.17) is 4.74 Å². The minimum atomic E-state index is -0.365. The highest BCUT2D eigenvalue weighted by atomic mass is 16.5. The Morgan fingerprint density at radius 1 is 0.893 bits per heavy atom. The zero-order valence-corrected chi connectivity index (χ0v) is 15.8. The van der Waals surface area contributed by atoms with Crippen LogP contribution in [0, 0.1) is 6.92 Å². The molecule has 0 aliphatic carbocycles. The number of para-hydroxylation sites is 1. The zero-order chi connectivity index (χ0) is 19.7. The molecule has 0 saturated heterocycles. The molecule has 0 N–H and O–H groups in total. The zero-order valence-electron chi connectivity index (χ0n) is 15.8. The fraction of sp³-hybridized carbons (Fsp3) is 0.130. The van der Waals surface area contributed by atoms with Crippen molar-refractivity contribution < 1.29 is 4.74 Å². The van der Waals surface area contributed by atoms with Crippen LogP contribution in [-0.2, 0) is 6.54 Å². The molecule has 1 aromatic heterocycles. The van der Waals surface area contributed by atoms with E-state index in [1.54, 1.807) is 42.0 Å². The van der Waals surface area contributed by atoms with Gasteiger partial charge < -0.3 is 4.74 Å². The number of ether oxygens (including phenoxy) is 1.